The zero-order valence-corrected chi connectivity index (χ0v) is 16.6. The number of carbonyl (C=O) groups is 2. The van der Waals surface area contributed by atoms with Crippen LogP contribution in [0.1, 0.15) is 46.5 Å². The smallest absolute Gasteiger partial charge is 0.333 e. The topological polar surface area (TPSA) is 108 Å². The van der Waals surface area contributed by atoms with Crippen LogP contribution in [0.4, 0.5) is 0 Å². The van der Waals surface area contributed by atoms with Crippen LogP contribution in [0.25, 0.3) is 0 Å². The molecule has 0 radical (unpaired) electrons. The molecular formula is C17H29NO7S. The maximum Gasteiger partial charge on any atom is 0.333 e. The normalized spacial score (nSPS) is 23.2. The number of esters is 1. The standard InChI is InChI=1S/C17H29NO7S/c1-5-7-8-9-24-14-10-13(17(20)23-6-2)11-15(25-26(4,21)22)16(14)18-12(3)19/h10,14-16H,5-9,11H2,1-4H3,(H,18,19)/t14-,15-,16+/m1/s1. The van der Waals surface area contributed by atoms with Crippen molar-refractivity contribution in [3.05, 3.63) is 11.6 Å². The van der Waals surface area contributed by atoms with Gasteiger partial charge >= 0.3 is 5.97 Å². The van der Waals surface area contributed by atoms with E-state index in [2.05, 4.69) is 12.2 Å². The molecule has 0 bridgehead atoms. The summed E-state index contributed by atoms with van der Waals surface area (Å²) in [5.41, 5.74) is 0.280. The highest BCUT2D eigenvalue weighted by Crippen LogP contribution is 2.26. The van der Waals surface area contributed by atoms with Gasteiger partial charge in [0.2, 0.25) is 5.91 Å². The highest BCUT2D eigenvalue weighted by atomic mass is 32.2. The predicted octanol–water partition coefficient (Wildman–Crippen LogP) is 1.30. The molecule has 1 rings (SSSR count). The van der Waals surface area contributed by atoms with E-state index in [1.807, 2.05) is 0 Å². The summed E-state index contributed by atoms with van der Waals surface area (Å²) < 4.78 is 39.2. The quantitative estimate of drug-likeness (QED) is 0.340. The van der Waals surface area contributed by atoms with Gasteiger partial charge in [-0.2, -0.15) is 8.42 Å². The molecule has 0 aromatic rings. The minimum Gasteiger partial charge on any atom is -0.463 e. The second kappa shape index (κ2) is 10.6. The number of ether oxygens (including phenoxy) is 2. The van der Waals surface area contributed by atoms with Crippen LogP contribution in [0.2, 0.25) is 0 Å². The van der Waals surface area contributed by atoms with E-state index in [-0.39, 0.29) is 24.5 Å². The van der Waals surface area contributed by atoms with Crippen molar-refractivity contribution in [1.29, 1.82) is 0 Å². The Morgan fingerprint density at radius 1 is 1.27 bits per heavy atom. The summed E-state index contributed by atoms with van der Waals surface area (Å²) in [5.74, 6) is -0.884. The fraction of sp³-hybridized carbons (Fsp3) is 0.765. The van der Waals surface area contributed by atoms with E-state index in [1.54, 1.807) is 13.0 Å². The lowest BCUT2D eigenvalue weighted by molar-refractivity contribution is -0.139. The van der Waals surface area contributed by atoms with Gasteiger partial charge in [0.15, 0.2) is 0 Å². The summed E-state index contributed by atoms with van der Waals surface area (Å²) >= 11 is 0. The molecule has 9 heteroatoms. The first-order valence-corrected chi connectivity index (χ1v) is 10.6. The van der Waals surface area contributed by atoms with Crippen molar-refractivity contribution in [3.63, 3.8) is 0 Å². The van der Waals surface area contributed by atoms with Crippen LogP contribution in [0.15, 0.2) is 11.6 Å². The Balaban J connectivity index is 3.09. The van der Waals surface area contributed by atoms with Gasteiger partial charge in [-0.3, -0.25) is 8.98 Å². The third-order valence-corrected chi connectivity index (χ3v) is 4.40. The van der Waals surface area contributed by atoms with E-state index < -0.39 is 34.3 Å². The Hall–Kier alpha value is -1.45. The van der Waals surface area contributed by atoms with Crippen LogP contribution in [-0.4, -0.2) is 58.0 Å². The van der Waals surface area contributed by atoms with Crippen LogP contribution in [0.5, 0.6) is 0 Å². The van der Waals surface area contributed by atoms with Crippen molar-refractivity contribution < 1.29 is 31.7 Å². The van der Waals surface area contributed by atoms with Crippen molar-refractivity contribution in [2.24, 2.45) is 0 Å². The SMILES string of the molecule is CCCCCO[C@@H]1C=C(C(=O)OCC)C[C@@H](OS(C)(=O)=O)[C@H]1NC(C)=O. The second-order valence-corrected chi connectivity index (χ2v) is 7.82. The highest BCUT2D eigenvalue weighted by Gasteiger charge is 2.39. The first kappa shape index (κ1) is 22.6. The number of hydrogen-bond donors (Lipinski definition) is 1. The summed E-state index contributed by atoms with van der Waals surface area (Å²) in [6.07, 6.45) is 3.71. The van der Waals surface area contributed by atoms with Gasteiger partial charge in [0.1, 0.15) is 6.10 Å². The Bertz CT molecular complexity index is 615. The average Bonchev–Trinajstić information content (AvgIpc) is 2.52. The van der Waals surface area contributed by atoms with Crippen LogP contribution in [0, 0.1) is 0 Å². The minimum atomic E-state index is -3.79. The van der Waals surface area contributed by atoms with Gasteiger partial charge in [0.25, 0.3) is 10.1 Å². The summed E-state index contributed by atoms with van der Waals surface area (Å²) in [6.45, 7) is 5.70. The van der Waals surface area contributed by atoms with Crippen molar-refractivity contribution in [1.82, 2.24) is 5.32 Å². The van der Waals surface area contributed by atoms with Gasteiger partial charge in [0.05, 0.1) is 25.0 Å². The van der Waals surface area contributed by atoms with E-state index in [1.165, 1.54) is 6.92 Å². The number of carbonyl (C=O) groups excluding carboxylic acids is 2. The van der Waals surface area contributed by atoms with Gasteiger partial charge < -0.3 is 14.8 Å². The Morgan fingerprint density at radius 3 is 2.50 bits per heavy atom. The van der Waals surface area contributed by atoms with Gasteiger partial charge in [-0.25, -0.2) is 4.79 Å². The Morgan fingerprint density at radius 2 is 1.96 bits per heavy atom. The molecule has 0 heterocycles. The van der Waals surface area contributed by atoms with Crippen molar-refractivity contribution in [2.75, 3.05) is 19.5 Å². The van der Waals surface area contributed by atoms with Crippen LogP contribution in [-0.2, 0) is 33.4 Å². The maximum absolute atomic E-state index is 12.1. The van der Waals surface area contributed by atoms with Crippen molar-refractivity contribution in [2.45, 2.75) is 64.7 Å². The zero-order valence-electron chi connectivity index (χ0n) is 15.8. The highest BCUT2D eigenvalue weighted by molar-refractivity contribution is 7.86. The van der Waals surface area contributed by atoms with Gasteiger partial charge in [-0.1, -0.05) is 19.8 Å². The van der Waals surface area contributed by atoms with Crippen LogP contribution < -0.4 is 5.32 Å². The zero-order chi connectivity index (χ0) is 19.7. The molecule has 3 atom stereocenters. The van der Waals surface area contributed by atoms with E-state index in [0.717, 1.165) is 25.5 Å². The monoisotopic (exact) mass is 391 g/mol. The Kier molecular flexibility index (Phi) is 9.24. The van der Waals surface area contributed by atoms with Gasteiger partial charge in [-0.05, 0) is 19.4 Å². The first-order valence-electron chi connectivity index (χ1n) is 8.82. The number of nitrogens with one attached hydrogen (secondary N) is 1. The van der Waals surface area contributed by atoms with Crippen molar-refractivity contribution in [3.8, 4) is 0 Å². The minimum absolute atomic E-state index is 0.00563. The number of unbranched alkanes of at least 4 members (excludes halogenated alkanes) is 2. The second-order valence-electron chi connectivity index (χ2n) is 6.22. The maximum atomic E-state index is 12.1. The Labute approximate surface area is 155 Å². The molecule has 0 saturated heterocycles. The summed E-state index contributed by atoms with van der Waals surface area (Å²) in [4.78, 5) is 23.7. The molecule has 0 aromatic heterocycles. The first-order chi connectivity index (χ1) is 12.2. The third kappa shape index (κ3) is 7.84. The lowest BCUT2D eigenvalue weighted by atomic mass is 9.90. The lowest BCUT2D eigenvalue weighted by Crippen LogP contribution is -2.54. The molecule has 0 fully saturated rings. The van der Waals surface area contributed by atoms with Gasteiger partial charge in [0, 0.05) is 25.5 Å². The van der Waals surface area contributed by atoms with E-state index in [0.29, 0.717) is 6.61 Å². The van der Waals surface area contributed by atoms with Crippen LogP contribution in [0.3, 0.4) is 0 Å². The predicted molar refractivity (Wildman–Crippen MR) is 95.9 cm³/mol. The number of rotatable bonds is 10. The molecule has 150 valence electrons. The summed E-state index contributed by atoms with van der Waals surface area (Å²) in [6, 6.07) is -0.720. The molecule has 1 aliphatic carbocycles. The molecule has 0 aromatic carbocycles. The fourth-order valence-electron chi connectivity index (χ4n) is 2.75. The van der Waals surface area contributed by atoms with E-state index in [9.17, 15) is 18.0 Å². The molecule has 1 N–H and O–H groups in total. The molecule has 8 nitrogen and oxygen atoms in total. The molecular weight excluding hydrogens is 362 g/mol. The molecule has 0 aliphatic heterocycles. The molecule has 1 amide bonds. The van der Waals surface area contributed by atoms with E-state index in [4.69, 9.17) is 13.7 Å². The number of hydrogen-bond acceptors (Lipinski definition) is 7. The lowest BCUT2D eigenvalue weighted by Gasteiger charge is -2.36. The van der Waals surface area contributed by atoms with Gasteiger partial charge in [-0.15, -0.1) is 0 Å². The molecule has 0 unspecified atom stereocenters. The average molecular weight is 391 g/mol. The molecule has 0 saturated carbocycles. The largest absolute Gasteiger partial charge is 0.463 e. The third-order valence-electron chi connectivity index (χ3n) is 3.81. The fourth-order valence-corrected chi connectivity index (χ4v) is 3.39. The summed E-state index contributed by atoms with van der Waals surface area (Å²) in [5, 5.41) is 2.69. The van der Waals surface area contributed by atoms with E-state index >= 15 is 0 Å². The summed E-state index contributed by atoms with van der Waals surface area (Å²) in [7, 11) is -3.79. The molecule has 26 heavy (non-hydrogen) atoms. The molecule has 1 aliphatic rings. The number of amides is 1. The van der Waals surface area contributed by atoms with Crippen LogP contribution >= 0.6 is 0 Å². The molecule has 0 spiro atoms. The van der Waals surface area contributed by atoms with Crippen molar-refractivity contribution >= 4 is 22.0 Å².